The zero-order valence-corrected chi connectivity index (χ0v) is 14.7. The number of nitrogens with zero attached hydrogens (tertiary/aromatic N) is 1. The molecule has 3 rings (SSSR count). The molecule has 0 radical (unpaired) electrons. The summed E-state index contributed by atoms with van der Waals surface area (Å²) < 4.78 is 5.15. The van der Waals surface area contributed by atoms with Crippen LogP contribution in [0.15, 0.2) is 65.7 Å². The van der Waals surface area contributed by atoms with Crippen molar-refractivity contribution < 1.29 is 9.84 Å². The topological polar surface area (TPSA) is 41.8 Å². The van der Waals surface area contributed by atoms with Gasteiger partial charge < -0.3 is 9.84 Å². The maximum Gasteiger partial charge on any atom is 0.132 e. The van der Waals surface area contributed by atoms with E-state index < -0.39 is 0 Å². The Morgan fingerprint density at radius 2 is 1.52 bits per heavy atom. The second-order valence-corrected chi connectivity index (χ2v) is 5.97. The van der Waals surface area contributed by atoms with Crippen LogP contribution in [-0.2, 0) is 0 Å². The van der Waals surface area contributed by atoms with Crippen LogP contribution in [0.4, 0.5) is 5.69 Å². The van der Waals surface area contributed by atoms with E-state index in [2.05, 4.69) is 31.0 Å². The molecule has 0 saturated carbocycles. The Labute approximate surface area is 148 Å². The Bertz CT molecular complexity index is 892. The second kappa shape index (κ2) is 7.22. The van der Waals surface area contributed by atoms with Gasteiger partial charge in [-0.3, -0.25) is 4.99 Å². The average molecular weight is 331 g/mol. The highest BCUT2D eigenvalue weighted by Gasteiger charge is 2.12. The van der Waals surface area contributed by atoms with Crippen LogP contribution in [0.25, 0.3) is 11.1 Å². The SMILES string of the molecule is COc1ccc(N=Cc2cccc(-c3c(C)cccc3C)c2O)cc1. The van der Waals surface area contributed by atoms with Crippen LogP contribution in [0, 0.1) is 13.8 Å². The number of phenolic OH excluding ortho intramolecular Hbond substituents is 1. The van der Waals surface area contributed by atoms with Gasteiger partial charge >= 0.3 is 0 Å². The summed E-state index contributed by atoms with van der Waals surface area (Å²) in [4.78, 5) is 4.45. The number of aliphatic imine (C=N–C) groups is 1. The highest BCUT2D eigenvalue weighted by Crippen LogP contribution is 2.35. The van der Waals surface area contributed by atoms with Gasteiger partial charge in [-0.1, -0.05) is 30.3 Å². The number of rotatable bonds is 4. The minimum absolute atomic E-state index is 0.247. The number of ether oxygens (including phenoxy) is 1. The van der Waals surface area contributed by atoms with Crippen molar-refractivity contribution in [3.8, 4) is 22.6 Å². The number of aryl methyl sites for hydroxylation is 2. The smallest absolute Gasteiger partial charge is 0.132 e. The molecule has 25 heavy (non-hydrogen) atoms. The van der Waals surface area contributed by atoms with Gasteiger partial charge in [-0.15, -0.1) is 0 Å². The van der Waals surface area contributed by atoms with Crippen molar-refractivity contribution in [3.05, 3.63) is 77.4 Å². The predicted octanol–water partition coefficient (Wildman–Crippen LogP) is 5.44. The van der Waals surface area contributed by atoms with Gasteiger partial charge in [0, 0.05) is 17.3 Å². The number of phenols is 1. The van der Waals surface area contributed by atoms with E-state index in [1.807, 2.05) is 48.5 Å². The molecule has 0 fully saturated rings. The van der Waals surface area contributed by atoms with Gasteiger partial charge in [0.15, 0.2) is 0 Å². The third kappa shape index (κ3) is 3.56. The minimum Gasteiger partial charge on any atom is -0.507 e. The first-order valence-corrected chi connectivity index (χ1v) is 8.17. The van der Waals surface area contributed by atoms with E-state index in [4.69, 9.17) is 4.74 Å². The molecule has 0 atom stereocenters. The van der Waals surface area contributed by atoms with Crippen molar-refractivity contribution in [2.45, 2.75) is 13.8 Å². The molecule has 3 nitrogen and oxygen atoms in total. The van der Waals surface area contributed by atoms with Gasteiger partial charge in [-0.2, -0.15) is 0 Å². The lowest BCUT2D eigenvalue weighted by Gasteiger charge is -2.13. The molecule has 0 saturated heterocycles. The van der Waals surface area contributed by atoms with Crippen LogP contribution in [0.3, 0.4) is 0 Å². The van der Waals surface area contributed by atoms with Gasteiger partial charge in [0.25, 0.3) is 0 Å². The van der Waals surface area contributed by atoms with E-state index in [1.54, 1.807) is 13.3 Å². The van der Waals surface area contributed by atoms with Gasteiger partial charge in [0.05, 0.1) is 12.8 Å². The molecule has 3 heteroatoms. The van der Waals surface area contributed by atoms with Crippen molar-refractivity contribution in [2.75, 3.05) is 7.11 Å². The first kappa shape index (κ1) is 16.8. The van der Waals surface area contributed by atoms with Gasteiger partial charge in [0.1, 0.15) is 11.5 Å². The Hall–Kier alpha value is -3.07. The molecule has 126 valence electrons. The fourth-order valence-electron chi connectivity index (χ4n) is 2.92. The molecule has 1 N–H and O–H groups in total. The zero-order valence-electron chi connectivity index (χ0n) is 14.7. The summed E-state index contributed by atoms with van der Waals surface area (Å²) in [6.07, 6.45) is 1.69. The van der Waals surface area contributed by atoms with E-state index in [1.165, 1.54) is 0 Å². The molecule has 0 aliphatic carbocycles. The van der Waals surface area contributed by atoms with Crippen molar-refractivity contribution in [1.29, 1.82) is 0 Å². The zero-order chi connectivity index (χ0) is 17.8. The maximum absolute atomic E-state index is 10.7. The van der Waals surface area contributed by atoms with E-state index in [0.717, 1.165) is 33.7 Å². The molecule has 0 amide bonds. The van der Waals surface area contributed by atoms with Crippen LogP contribution in [0.5, 0.6) is 11.5 Å². The van der Waals surface area contributed by atoms with Crippen molar-refractivity contribution in [2.24, 2.45) is 4.99 Å². The van der Waals surface area contributed by atoms with E-state index in [-0.39, 0.29) is 5.75 Å². The quantitative estimate of drug-likeness (QED) is 0.647. The monoisotopic (exact) mass is 331 g/mol. The minimum atomic E-state index is 0.247. The Morgan fingerprint density at radius 3 is 2.16 bits per heavy atom. The Kier molecular flexibility index (Phi) is 4.85. The number of hydrogen-bond acceptors (Lipinski definition) is 3. The molecule has 0 spiro atoms. The van der Waals surface area contributed by atoms with Crippen LogP contribution < -0.4 is 4.74 Å². The third-order valence-corrected chi connectivity index (χ3v) is 4.24. The Morgan fingerprint density at radius 1 is 0.880 bits per heavy atom. The standard InChI is InChI=1S/C22H21NO2/c1-15-6-4-7-16(2)21(15)20-9-5-8-17(22(20)24)14-23-18-10-12-19(25-3)13-11-18/h4-14,24H,1-3H3. The van der Waals surface area contributed by atoms with Crippen LogP contribution in [-0.4, -0.2) is 18.4 Å². The van der Waals surface area contributed by atoms with Gasteiger partial charge in [-0.05, 0) is 60.9 Å². The number of methoxy groups -OCH3 is 1. The largest absolute Gasteiger partial charge is 0.507 e. The second-order valence-electron chi connectivity index (χ2n) is 5.97. The lowest BCUT2D eigenvalue weighted by Crippen LogP contribution is -1.91. The Balaban J connectivity index is 1.97. The first-order valence-electron chi connectivity index (χ1n) is 8.17. The molecule has 0 unspecified atom stereocenters. The molecule has 0 heterocycles. The molecular weight excluding hydrogens is 310 g/mol. The highest BCUT2D eigenvalue weighted by atomic mass is 16.5. The molecule has 3 aromatic rings. The summed E-state index contributed by atoms with van der Waals surface area (Å²) >= 11 is 0. The summed E-state index contributed by atoms with van der Waals surface area (Å²) in [5.74, 6) is 1.04. The first-order chi connectivity index (χ1) is 12.1. The van der Waals surface area contributed by atoms with Crippen LogP contribution >= 0.6 is 0 Å². The summed E-state index contributed by atoms with van der Waals surface area (Å²) in [5.41, 5.74) is 5.67. The third-order valence-electron chi connectivity index (χ3n) is 4.24. The fourth-order valence-corrected chi connectivity index (χ4v) is 2.92. The maximum atomic E-state index is 10.7. The van der Waals surface area contributed by atoms with Crippen molar-refractivity contribution in [1.82, 2.24) is 0 Å². The van der Waals surface area contributed by atoms with E-state index >= 15 is 0 Å². The molecule has 0 bridgehead atoms. The molecular formula is C22H21NO2. The highest BCUT2D eigenvalue weighted by molar-refractivity contribution is 5.90. The van der Waals surface area contributed by atoms with E-state index in [9.17, 15) is 5.11 Å². The molecule has 0 aromatic heterocycles. The summed E-state index contributed by atoms with van der Waals surface area (Å²) in [5, 5.41) is 10.7. The number of para-hydroxylation sites is 1. The normalized spacial score (nSPS) is 11.0. The van der Waals surface area contributed by atoms with E-state index in [0.29, 0.717) is 5.56 Å². The predicted molar refractivity (Wildman–Crippen MR) is 103 cm³/mol. The molecule has 0 aliphatic heterocycles. The summed E-state index contributed by atoms with van der Waals surface area (Å²) in [6, 6.07) is 19.4. The van der Waals surface area contributed by atoms with Crippen LogP contribution in [0.1, 0.15) is 16.7 Å². The number of aromatic hydroxyl groups is 1. The van der Waals surface area contributed by atoms with Crippen molar-refractivity contribution in [3.63, 3.8) is 0 Å². The fraction of sp³-hybridized carbons (Fsp3) is 0.136. The van der Waals surface area contributed by atoms with Gasteiger partial charge in [-0.25, -0.2) is 0 Å². The molecule has 3 aromatic carbocycles. The number of benzene rings is 3. The summed E-state index contributed by atoms with van der Waals surface area (Å²) in [7, 11) is 1.63. The average Bonchev–Trinajstić information content (AvgIpc) is 2.62. The van der Waals surface area contributed by atoms with Gasteiger partial charge in [0.2, 0.25) is 0 Å². The lowest BCUT2D eigenvalue weighted by molar-refractivity contribution is 0.415. The molecule has 0 aliphatic rings. The summed E-state index contributed by atoms with van der Waals surface area (Å²) in [6.45, 7) is 4.11. The van der Waals surface area contributed by atoms with Crippen molar-refractivity contribution >= 4 is 11.9 Å². The van der Waals surface area contributed by atoms with Crippen LogP contribution in [0.2, 0.25) is 0 Å². The lowest BCUT2D eigenvalue weighted by atomic mass is 9.94. The number of hydrogen-bond donors (Lipinski definition) is 1.